The molecular weight excluding hydrogens is 226 g/mol. The first kappa shape index (κ1) is 13.8. The van der Waals surface area contributed by atoms with Crippen molar-refractivity contribution in [2.75, 3.05) is 20.1 Å². The monoisotopic (exact) mass is 253 g/mol. The molecule has 0 saturated carbocycles. The number of carbonyl (C=O) groups is 1. The van der Waals surface area contributed by atoms with Crippen LogP contribution < -0.4 is 10.6 Å². The Morgan fingerprint density at radius 2 is 2.11 bits per heavy atom. The summed E-state index contributed by atoms with van der Waals surface area (Å²) in [6.07, 6.45) is 4.50. The summed E-state index contributed by atoms with van der Waals surface area (Å²) in [7, 11) is 2.16. The number of nitrogens with one attached hydrogen (secondary N) is 2. The lowest BCUT2D eigenvalue weighted by atomic mass is 9.91. The Kier molecular flexibility index (Phi) is 4.62. The molecule has 4 nitrogen and oxygen atoms in total. The topological polar surface area (TPSA) is 44.4 Å². The van der Waals surface area contributed by atoms with Gasteiger partial charge in [0.25, 0.3) is 0 Å². The lowest BCUT2D eigenvalue weighted by Crippen LogP contribution is -2.55. The maximum atomic E-state index is 12.3. The molecule has 0 aromatic carbocycles. The lowest BCUT2D eigenvalue weighted by Gasteiger charge is -2.37. The number of piperidine rings is 2. The lowest BCUT2D eigenvalue weighted by molar-refractivity contribution is -0.126. The van der Waals surface area contributed by atoms with Gasteiger partial charge in [0.2, 0.25) is 5.91 Å². The van der Waals surface area contributed by atoms with E-state index in [4.69, 9.17) is 0 Å². The van der Waals surface area contributed by atoms with E-state index in [2.05, 4.69) is 36.4 Å². The van der Waals surface area contributed by atoms with Gasteiger partial charge in [0.1, 0.15) is 0 Å². The number of hydrogen-bond acceptors (Lipinski definition) is 3. The molecule has 18 heavy (non-hydrogen) atoms. The van der Waals surface area contributed by atoms with E-state index in [-0.39, 0.29) is 11.9 Å². The van der Waals surface area contributed by atoms with Gasteiger partial charge in [-0.1, -0.05) is 6.92 Å². The molecule has 0 aromatic heterocycles. The number of nitrogens with zero attached hydrogens (tertiary/aromatic N) is 1. The summed E-state index contributed by atoms with van der Waals surface area (Å²) in [6.45, 7) is 6.47. The number of hydrogen-bond donors (Lipinski definition) is 2. The predicted octanol–water partition coefficient (Wildman–Crippen LogP) is 0.973. The fourth-order valence-electron chi connectivity index (χ4n) is 3.11. The summed E-state index contributed by atoms with van der Waals surface area (Å²) in [5, 5.41) is 6.60. The third-order valence-electron chi connectivity index (χ3n) is 4.61. The summed E-state index contributed by atoms with van der Waals surface area (Å²) in [4.78, 5) is 14.6. The van der Waals surface area contributed by atoms with Crippen LogP contribution in [0.15, 0.2) is 0 Å². The minimum Gasteiger partial charge on any atom is -0.352 e. The van der Waals surface area contributed by atoms with E-state index in [1.807, 2.05) is 0 Å². The van der Waals surface area contributed by atoms with E-state index in [9.17, 15) is 4.79 Å². The van der Waals surface area contributed by atoms with Crippen molar-refractivity contribution in [3.63, 3.8) is 0 Å². The van der Waals surface area contributed by atoms with Crippen molar-refractivity contribution >= 4 is 5.91 Å². The third-order valence-corrected chi connectivity index (χ3v) is 4.61. The van der Waals surface area contributed by atoms with E-state index >= 15 is 0 Å². The minimum atomic E-state index is 0.0220. The van der Waals surface area contributed by atoms with Gasteiger partial charge in [-0.25, -0.2) is 0 Å². The van der Waals surface area contributed by atoms with Crippen molar-refractivity contribution in [3.8, 4) is 0 Å². The molecule has 2 fully saturated rings. The van der Waals surface area contributed by atoms with Gasteiger partial charge >= 0.3 is 0 Å². The molecule has 2 aliphatic heterocycles. The molecule has 4 atom stereocenters. The second-order valence-electron chi connectivity index (χ2n) is 6.11. The smallest absolute Gasteiger partial charge is 0.237 e. The number of rotatable bonds is 2. The third kappa shape index (κ3) is 3.23. The van der Waals surface area contributed by atoms with Crippen LogP contribution in [-0.4, -0.2) is 49.1 Å². The highest BCUT2D eigenvalue weighted by Gasteiger charge is 2.30. The molecule has 0 bridgehead atoms. The summed E-state index contributed by atoms with van der Waals surface area (Å²) in [6, 6.07) is 0.953. The normalized spacial score (nSPS) is 38.4. The van der Waals surface area contributed by atoms with Crippen LogP contribution in [0.1, 0.15) is 39.5 Å². The van der Waals surface area contributed by atoms with Crippen molar-refractivity contribution < 1.29 is 4.79 Å². The molecule has 0 radical (unpaired) electrons. The second-order valence-corrected chi connectivity index (χ2v) is 6.11. The van der Waals surface area contributed by atoms with Crippen molar-refractivity contribution in [3.05, 3.63) is 0 Å². The molecule has 4 heteroatoms. The Morgan fingerprint density at radius 3 is 2.78 bits per heavy atom. The van der Waals surface area contributed by atoms with Crippen LogP contribution in [-0.2, 0) is 4.79 Å². The Balaban J connectivity index is 1.83. The Hall–Kier alpha value is -0.610. The van der Waals surface area contributed by atoms with E-state index < -0.39 is 0 Å². The van der Waals surface area contributed by atoms with Crippen LogP contribution in [0.3, 0.4) is 0 Å². The predicted molar refractivity (Wildman–Crippen MR) is 73.4 cm³/mol. The number of amides is 1. The molecule has 4 unspecified atom stereocenters. The summed E-state index contributed by atoms with van der Waals surface area (Å²) < 4.78 is 0. The first-order valence-corrected chi connectivity index (χ1v) is 7.32. The highest BCUT2D eigenvalue weighted by atomic mass is 16.2. The molecule has 2 heterocycles. The van der Waals surface area contributed by atoms with Gasteiger partial charge in [-0.05, 0) is 52.1 Å². The standard InChI is InChI=1S/C14H27N3O/c1-10-5-4-7-15-13(10)14(18)16-12-6-8-17(3)11(2)9-12/h10-13,15H,4-9H2,1-3H3,(H,16,18). The Bertz CT molecular complexity index is 295. The largest absolute Gasteiger partial charge is 0.352 e. The molecule has 2 saturated heterocycles. The van der Waals surface area contributed by atoms with Crippen LogP contribution in [0.5, 0.6) is 0 Å². The van der Waals surface area contributed by atoms with Gasteiger partial charge in [0.15, 0.2) is 0 Å². The number of likely N-dealkylation sites (tertiary alicyclic amines) is 1. The molecule has 1 amide bonds. The van der Waals surface area contributed by atoms with Crippen molar-refractivity contribution in [2.45, 2.75) is 57.7 Å². The van der Waals surface area contributed by atoms with Crippen molar-refractivity contribution in [1.82, 2.24) is 15.5 Å². The molecule has 0 aromatic rings. The zero-order valence-corrected chi connectivity index (χ0v) is 11.9. The Morgan fingerprint density at radius 1 is 1.33 bits per heavy atom. The fourth-order valence-corrected chi connectivity index (χ4v) is 3.11. The fraction of sp³-hybridized carbons (Fsp3) is 0.929. The van der Waals surface area contributed by atoms with Crippen LogP contribution in [0.2, 0.25) is 0 Å². The van der Waals surface area contributed by atoms with Gasteiger partial charge in [0.05, 0.1) is 6.04 Å². The van der Waals surface area contributed by atoms with Crippen LogP contribution in [0.4, 0.5) is 0 Å². The van der Waals surface area contributed by atoms with Crippen molar-refractivity contribution in [2.24, 2.45) is 5.92 Å². The molecule has 2 N–H and O–H groups in total. The van der Waals surface area contributed by atoms with Gasteiger partial charge < -0.3 is 15.5 Å². The van der Waals surface area contributed by atoms with Crippen molar-refractivity contribution in [1.29, 1.82) is 0 Å². The summed E-state index contributed by atoms with van der Waals surface area (Å²) in [5.41, 5.74) is 0. The van der Waals surface area contributed by atoms with Gasteiger partial charge in [-0.2, -0.15) is 0 Å². The van der Waals surface area contributed by atoms with Crippen LogP contribution in [0, 0.1) is 5.92 Å². The Labute approximate surface area is 110 Å². The van der Waals surface area contributed by atoms with Gasteiger partial charge in [0, 0.05) is 18.6 Å². The SMILES string of the molecule is CC1CCCNC1C(=O)NC1CCN(C)C(C)C1. The average Bonchev–Trinajstić information content (AvgIpc) is 2.34. The highest BCUT2D eigenvalue weighted by Crippen LogP contribution is 2.18. The van der Waals surface area contributed by atoms with E-state index in [1.54, 1.807) is 0 Å². The number of carbonyl (C=O) groups excluding carboxylic acids is 1. The van der Waals surface area contributed by atoms with Crippen LogP contribution in [0.25, 0.3) is 0 Å². The van der Waals surface area contributed by atoms with Gasteiger partial charge in [-0.3, -0.25) is 4.79 Å². The maximum absolute atomic E-state index is 12.3. The molecular formula is C14H27N3O. The molecule has 2 rings (SSSR count). The quantitative estimate of drug-likeness (QED) is 0.771. The first-order chi connectivity index (χ1) is 8.58. The zero-order valence-electron chi connectivity index (χ0n) is 11.9. The maximum Gasteiger partial charge on any atom is 0.237 e. The zero-order chi connectivity index (χ0) is 13.1. The summed E-state index contributed by atoms with van der Waals surface area (Å²) >= 11 is 0. The van der Waals surface area contributed by atoms with Crippen LogP contribution >= 0.6 is 0 Å². The first-order valence-electron chi connectivity index (χ1n) is 7.32. The van der Waals surface area contributed by atoms with E-state index in [0.29, 0.717) is 18.0 Å². The summed E-state index contributed by atoms with van der Waals surface area (Å²) in [5.74, 6) is 0.673. The molecule has 2 aliphatic rings. The molecule has 0 aliphatic carbocycles. The second kappa shape index (κ2) is 6.02. The molecule has 104 valence electrons. The highest BCUT2D eigenvalue weighted by molar-refractivity contribution is 5.82. The van der Waals surface area contributed by atoms with E-state index in [1.165, 1.54) is 6.42 Å². The van der Waals surface area contributed by atoms with Gasteiger partial charge in [-0.15, -0.1) is 0 Å². The molecule has 0 spiro atoms. The van der Waals surface area contributed by atoms with E-state index in [0.717, 1.165) is 32.4 Å². The minimum absolute atomic E-state index is 0.0220. The average molecular weight is 253 g/mol.